The third-order valence-electron chi connectivity index (χ3n) is 6.75. The van der Waals surface area contributed by atoms with E-state index in [2.05, 4.69) is 0 Å². The molecule has 1 N–H and O–H groups in total. The third-order valence-corrected chi connectivity index (χ3v) is 6.75. The molecule has 1 saturated carbocycles. The van der Waals surface area contributed by atoms with Gasteiger partial charge in [-0.1, -0.05) is 12.1 Å². The van der Waals surface area contributed by atoms with Crippen molar-refractivity contribution in [2.75, 3.05) is 26.2 Å². The largest absolute Gasteiger partial charge is 0.489 e. The summed E-state index contributed by atoms with van der Waals surface area (Å²) in [5.41, 5.74) is 1.78. The van der Waals surface area contributed by atoms with Crippen molar-refractivity contribution in [3.63, 3.8) is 0 Å². The van der Waals surface area contributed by atoms with Crippen molar-refractivity contribution in [3.05, 3.63) is 59.4 Å². The zero-order chi connectivity index (χ0) is 25.4. The van der Waals surface area contributed by atoms with Gasteiger partial charge in [0.2, 0.25) is 5.91 Å². The maximum absolute atomic E-state index is 14.5. The van der Waals surface area contributed by atoms with Gasteiger partial charge in [0, 0.05) is 45.9 Å². The summed E-state index contributed by atoms with van der Waals surface area (Å²) >= 11 is 0. The van der Waals surface area contributed by atoms with E-state index >= 15 is 0 Å². The molecular weight excluding hydrogens is 453 g/mol. The zero-order valence-corrected chi connectivity index (χ0v) is 20.6. The molecule has 0 aromatic heterocycles. The fourth-order valence-corrected chi connectivity index (χ4v) is 4.50. The van der Waals surface area contributed by atoms with Gasteiger partial charge in [0.05, 0.1) is 11.7 Å². The van der Waals surface area contributed by atoms with Crippen molar-refractivity contribution in [1.82, 2.24) is 0 Å². The number of methoxy groups -OCH3 is 2. The van der Waals surface area contributed by atoms with Gasteiger partial charge in [-0.15, -0.1) is 0 Å². The summed E-state index contributed by atoms with van der Waals surface area (Å²) in [6.07, 6.45) is 3.83. The number of aliphatic carboxylic acids is 1. The second-order valence-electron chi connectivity index (χ2n) is 8.96. The number of anilines is 1. The number of carboxylic acid groups (broad SMARTS) is 1. The Kier molecular flexibility index (Phi) is 9.23. The summed E-state index contributed by atoms with van der Waals surface area (Å²) in [7, 11) is 5.03. The van der Waals surface area contributed by atoms with Crippen LogP contribution in [0.2, 0.25) is 0 Å². The van der Waals surface area contributed by atoms with E-state index in [1.807, 2.05) is 18.2 Å². The topological polar surface area (TPSA) is 85.3 Å². The van der Waals surface area contributed by atoms with Gasteiger partial charge >= 0.3 is 5.97 Å². The number of amides is 1. The summed E-state index contributed by atoms with van der Waals surface area (Å²) in [4.78, 5) is 24.4. The number of carbonyl (C=O) groups excluding carboxylic acids is 1. The predicted molar refractivity (Wildman–Crippen MR) is 130 cm³/mol. The van der Waals surface area contributed by atoms with Crippen molar-refractivity contribution in [2.45, 2.75) is 63.3 Å². The molecule has 0 saturated heterocycles. The van der Waals surface area contributed by atoms with Gasteiger partial charge in [-0.25, -0.2) is 4.39 Å². The molecular formula is C27H34FNO6. The smallest absolute Gasteiger partial charge is 0.303 e. The van der Waals surface area contributed by atoms with Crippen molar-refractivity contribution in [2.24, 2.45) is 0 Å². The molecule has 1 fully saturated rings. The molecule has 8 heteroatoms. The van der Waals surface area contributed by atoms with Gasteiger partial charge in [0.25, 0.3) is 0 Å². The zero-order valence-electron chi connectivity index (χ0n) is 20.6. The van der Waals surface area contributed by atoms with Gasteiger partial charge in [-0.2, -0.15) is 0 Å². The van der Waals surface area contributed by atoms with Gasteiger partial charge in [-0.05, 0) is 67.5 Å². The number of benzene rings is 2. The number of nitrogens with zero attached hydrogens (tertiary/aromatic N) is 1. The van der Waals surface area contributed by atoms with E-state index in [4.69, 9.17) is 19.3 Å². The fraction of sp³-hybridized carbons (Fsp3) is 0.481. The number of ether oxygens (including phenoxy) is 3. The van der Waals surface area contributed by atoms with E-state index in [0.29, 0.717) is 17.9 Å². The highest BCUT2D eigenvalue weighted by Crippen LogP contribution is 2.42. The van der Waals surface area contributed by atoms with E-state index in [-0.39, 0.29) is 37.3 Å². The fourth-order valence-electron chi connectivity index (χ4n) is 4.50. The molecule has 3 rings (SSSR count). The van der Waals surface area contributed by atoms with Crippen molar-refractivity contribution < 1.29 is 33.3 Å². The van der Waals surface area contributed by atoms with E-state index in [1.165, 1.54) is 17.0 Å². The van der Waals surface area contributed by atoms with Crippen molar-refractivity contribution in [1.29, 1.82) is 0 Å². The Hall–Kier alpha value is -2.97. The minimum atomic E-state index is -0.911. The molecule has 0 unspecified atom stereocenters. The lowest BCUT2D eigenvalue weighted by Gasteiger charge is -2.39. The van der Waals surface area contributed by atoms with E-state index in [9.17, 15) is 14.0 Å². The normalized spacial score (nSPS) is 19.8. The molecule has 7 nitrogen and oxygen atoms in total. The van der Waals surface area contributed by atoms with Crippen LogP contribution in [0.3, 0.4) is 0 Å². The number of halogens is 1. The third kappa shape index (κ3) is 7.02. The van der Waals surface area contributed by atoms with Crippen LogP contribution in [0.1, 0.15) is 56.1 Å². The lowest BCUT2D eigenvalue weighted by atomic mass is 9.78. The highest BCUT2D eigenvalue weighted by Gasteiger charge is 2.37. The Balaban J connectivity index is 1.62. The second-order valence-corrected chi connectivity index (χ2v) is 8.96. The number of hydrogen-bond donors (Lipinski definition) is 1. The maximum atomic E-state index is 14.5. The molecule has 1 amide bonds. The molecule has 2 aromatic rings. The van der Waals surface area contributed by atoms with Crippen LogP contribution in [0, 0.1) is 5.82 Å². The van der Waals surface area contributed by atoms with Crippen LogP contribution in [-0.4, -0.2) is 44.4 Å². The molecule has 0 atom stereocenters. The molecule has 35 heavy (non-hydrogen) atoms. The lowest BCUT2D eigenvalue weighted by Crippen LogP contribution is -2.36. The minimum Gasteiger partial charge on any atom is -0.489 e. The van der Waals surface area contributed by atoms with Gasteiger partial charge in [0.15, 0.2) is 0 Å². The average molecular weight is 488 g/mol. The molecule has 190 valence electrons. The van der Waals surface area contributed by atoms with E-state index < -0.39 is 11.6 Å². The van der Waals surface area contributed by atoms with E-state index in [1.54, 1.807) is 33.4 Å². The molecule has 1 aliphatic rings. The van der Waals surface area contributed by atoms with Gasteiger partial charge in [-0.3, -0.25) is 9.59 Å². The summed E-state index contributed by atoms with van der Waals surface area (Å²) < 4.78 is 31.7. The van der Waals surface area contributed by atoms with Crippen LogP contribution in [0.25, 0.3) is 0 Å². The molecule has 0 bridgehead atoms. The molecule has 0 heterocycles. The Morgan fingerprint density at radius 2 is 1.77 bits per heavy atom. The standard InChI is InChI=1S/C27H34FNO6/c1-29(25(30)5-4-6-26(31)32)22-9-7-19(8-10-22)18-35-24-16-20(15-21(28)17-24)27(34-3)13-11-23(33-2)12-14-27/h7-10,15-17,23H,4-6,11-14,18H2,1-3H3,(H,31,32)/t23-,27+. The number of carboxylic acids is 1. The second kappa shape index (κ2) is 12.1. The summed E-state index contributed by atoms with van der Waals surface area (Å²) in [5, 5.41) is 8.72. The predicted octanol–water partition coefficient (Wildman–Crippen LogP) is 5.05. The average Bonchev–Trinajstić information content (AvgIpc) is 2.86. The first-order chi connectivity index (χ1) is 16.8. The summed E-state index contributed by atoms with van der Waals surface area (Å²) in [5.74, 6) is -0.999. The number of hydrogen-bond acceptors (Lipinski definition) is 5. The van der Waals surface area contributed by atoms with Crippen LogP contribution in [0.4, 0.5) is 10.1 Å². The minimum absolute atomic E-state index is 0.0309. The quantitative estimate of drug-likeness (QED) is 0.477. The van der Waals surface area contributed by atoms with Crippen molar-refractivity contribution in [3.8, 4) is 5.75 Å². The molecule has 2 aromatic carbocycles. The number of carbonyl (C=O) groups is 2. The molecule has 1 aliphatic carbocycles. The first kappa shape index (κ1) is 26.6. The van der Waals surface area contributed by atoms with Crippen LogP contribution >= 0.6 is 0 Å². The highest BCUT2D eigenvalue weighted by molar-refractivity contribution is 5.92. The highest BCUT2D eigenvalue weighted by atomic mass is 19.1. The lowest BCUT2D eigenvalue weighted by molar-refractivity contribution is -0.137. The summed E-state index contributed by atoms with van der Waals surface area (Å²) in [6, 6.07) is 12.0. The van der Waals surface area contributed by atoms with Gasteiger partial charge < -0.3 is 24.2 Å². The molecule has 0 radical (unpaired) electrons. The Morgan fingerprint density at radius 3 is 2.37 bits per heavy atom. The SMILES string of the molecule is CO[C@H]1CC[C@](OC)(c2cc(F)cc(OCc3ccc(N(C)C(=O)CCCC(=O)O)cc3)c2)CC1. The Labute approximate surface area is 205 Å². The van der Waals surface area contributed by atoms with Crippen LogP contribution < -0.4 is 9.64 Å². The Bertz CT molecular complexity index is 1000. The van der Waals surface area contributed by atoms with E-state index in [0.717, 1.165) is 36.8 Å². The Morgan fingerprint density at radius 1 is 1.09 bits per heavy atom. The van der Waals surface area contributed by atoms with Gasteiger partial charge in [0.1, 0.15) is 18.2 Å². The first-order valence-electron chi connectivity index (χ1n) is 11.9. The summed E-state index contributed by atoms with van der Waals surface area (Å²) in [6.45, 7) is 0.241. The van der Waals surface area contributed by atoms with Crippen LogP contribution in [0.5, 0.6) is 5.75 Å². The van der Waals surface area contributed by atoms with Crippen LogP contribution in [0.15, 0.2) is 42.5 Å². The monoisotopic (exact) mass is 487 g/mol. The van der Waals surface area contributed by atoms with Crippen molar-refractivity contribution >= 4 is 17.6 Å². The molecule has 0 aliphatic heterocycles. The van der Waals surface area contributed by atoms with Crippen LogP contribution in [-0.2, 0) is 31.3 Å². The molecule has 0 spiro atoms. The first-order valence-corrected chi connectivity index (χ1v) is 11.9. The maximum Gasteiger partial charge on any atom is 0.303 e. The number of rotatable bonds is 11.